The van der Waals surface area contributed by atoms with Crippen molar-refractivity contribution < 1.29 is 22.9 Å². The maximum absolute atomic E-state index is 12.1. The van der Waals surface area contributed by atoms with Crippen molar-refractivity contribution in [1.82, 2.24) is 10.9 Å². The van der Waals surface area contributed by atoms with Crippen LogP contribution in [-0.4, -0.2) is 30.9 Å². The number of non-ortho nitro benzene ring substituents is 1. The highest BCUT2D eigenvalue weighted by Gasteiger charge is 2.19. The van der Waals surface area contributed by atoms with E-state index in [2.05, 4.69) is 15.9 Å². The van der Waals surface area contributed by atoms with Crippen LogP contribution in [0.1, 0.15) is 15.9 Å². The molecule has 0 aliphatic rings. The molecule has 2 aromatic carbocycles. The van der Waals surface area contributed by atoms with Gasteiger partial charge >= 0.3 is 0 Å². The number of rotatable bonds is 6. The number of halogens is 1. The van der Waals surface area contributed by atoms with Gasteiger partial charge in [0.25, 0.3) is 17.5 Å². The summed E-state index contributed by atoms with van der Waals surface area (Å²) in [4.78, 5) is 33.8. The monoisotopic (exact) mass is 455 g/mol. The second-order valence-electron chi connectivity index (χ2n) is 5.47. The van der Waals surface area contributed by atoms with Crippen LogP contribution in [0, 0.1) is 10.1 Å². The third-order valence-corrected chi connectivity index (χ3v) is 5.23. The summed E-state index contributed by atoms with van der Waals surface area (Å²) in [6.45, 7) is 0. The van der Waals surface area contributed by atoms with Crippen molar-refractivity contribution in [2.45, 2.75) is 5.75 Å². The predicted molar refractivity (Wildman–Crippen MR) is 100 cm³/mol. The third kappa shape index (κ3) is 6.46. The zero-order valence-corrected chi connectivity index (χ0v) is 16.1. The molecular weight excluding hydrogens is 442 g/mol. The Morgan fingerprint density at radius 3 is 2.44 bits per heavy atom. The predicted octanol–water partition coefficient (Wildman–Crippen LogP) is 1.73. The van der Waals surface area contributed by atoms with Crippen molar-refractivity contribution >= 4 is 43.3 Å². The normalized spacial score (nSPS) is 10.9. The molecule has 0 heterocycles. The van der Waals surface area contributed by atoms with Gasteiger partial charge < -0.3 is 0 Å². The van der Waals surface area contributed by atoms with Crippen molar-refractivity contribution in [3.63, 3.8) is 0 Å². The van der Waals surface area contributed by atoms with Crippen molar-refractivity contribution in [3.8, 4) is 0 Å². The fraction of sp³-hybridized carbons (Fsp3) is 0.125. The van der Waals surface area contributed by atoms with Gasteiger partial charge in [-0.15, -0.1) is 0 Å². The van der Waals surface area contributed by atoms with Crippen molar-refractivity contribution in [3.05, 3.63) is 74.2 Å². The van der Waals surface area contributed by atoms with Gasteiger partial charge in [0.1, 0.15) is 5.75 Å². The minimum absolute atomic E-state index is 0.0542. The number of hydrazine groups is 1. The highest BCUT2D eigenvalue weighted by Crippen LogP contribution is 2.14. The van der Waals surface area contributed by atoms with Gasteiger partial charge in [0.2, 0.25) is 0 Å². The van der Waals surface area contributed by atoms with E-state index in [1.54, 1.807) is 24.3 Å². The molecule has 0 unspecified atom stereocenters. The number of nitrogens with zero attached hydrogens (tertiary/aromatic N) is 1. The van der Waals surface area contributed by atoms with Crippen molar-refractivity contribution in [2.24, 2.45) is 0 Å². The van der Waals surface area contributed by atoms with Gasteiger partial charge in [0.05, 0.1) is 10.7 Å². The van der Waals surface area contributed by atoms with Crippen LogP contribution in [0.4, 0.5) is 5.69 Å². The standard InChI is InChI=1S/C16H14BrN3O6S/c17-13-5-1-3-11(7-13)9-27(25,26)10-15(21)18-19-16(22)12-4-2-6-14(8-12)20(23)24/h1-8H,9-10H2,(H,18,21)(H,19,22). The summed E-state index contributed by atoms with van der Waals surface area (Å²) in [5, 5.41) is 10.7. The number of carbonyl (C=O) groups excluding carboxylic acids is 2. The average molecular weight is 456 g/mol. The largest absolute Gasteiger partial charge is 0.272 e. The first-order valence-electron chi connectivity index (χ1n) is 7.45. The molecule has 2 amide bonds. The summed E-state index contributed by atoms with van der Waals surface area (Å²) in [5.74, 6) is -2.90. The van der Waals surface area contributed by atoms with Crippen LogP contribution in [0.2, 0.25) is 0 Å². The number of hydrogen-bond acceptors (Lipinski definition) is 6. The number of hydrogen-bond donors (Lipinski definition) is 2. The van der Waals surface area contributed by atoms with Crippen molar-refractivity contribution in [2.75, 3.05) is 5.75 Å². The lowest BCUT2D eigenvalue weighted by Gasteiger charge is -2.08. The summed E-state index contributed by atoms with van der Waals surface area (Å²) in [6.07, 6.45) is 0. The Balaban J connectivity index is 1.92. The molecule has 0 atom stereocenters. The number of carbonyl (C=O) groups is 2. The SMILES string of the molecule is O=C(CS(=O)(=O)Cc1cccc(Br)c1)NNC(=O)c1cccc([N+](=O)[O-])c1. The highest BCUT2D eigenvalue weighted by molar-refractivity contribution is 9.10. The van der Waals surface area contributed by atoms with Crippen LogP contribution >= 0.6 is 15.9 Å². The lowest BCUT2D eigenvalue weighted by molar-refractivity contribution is -0.384. The highest BCUT2D eigenvalue weighted by atomic mass is 79.9. The molecule has 11 heteroatoms. The Morgan fingerprint density at radius 1 is 1.07 bits per heavy atom. The van der Waals surface area contributed by atoms with Gasteiger partial charge in [0, 0.05) is 22.2 Å². The number of nitro benzene ring substituents is 1. The Labute approximate surface area is 162 Å². The van der Waals surface area contributed by atoms with Crippen LogP contribution in [0.25, 0.3) is 0 Å². The van der Waals surface area contributed by atoms with E-state index >= 15 is 0 Å². The molecule has 142 valence electrons. The molecule has 2 aromatic rings. The topological polar surface area (TPSA) is 135 Å². The number of nitrogens with one attached hydrogen (secondary N) is 2. The molecular formula is C16H14BrN3O6S. The maximum atomic E-state index is 12.1. The minimum Gasteiger partial charge on any atom is -0.272 e. The summed E-state index contributed by atoms with van der Waals surface area (Å²) in [6, 6.07) is 11.5. The zero-order chi connectivity index (χ0) is 20.0. The first-order chi connectivity index (χ1) is 12.7. The van der Waals surface area contributed by atoms with E-state index in [1.807, 2.05) is 10.9 Å². The van der Waals surface area contributed by atoms with Gasteiger partial charge in [-0.25, -0.2) is 8.42 Å². The first kappa shape index (κ1) is 20.5. The Bertz CT molecular complexity index is 993. The summed E-state index contributed by atoms with van der Waals surface area (Å²) in [7, 11) is -3.75. The molecule has 0 spiro atoms. The zero-order valence-electron chi connectivity index (χ0n) is 13.7. The van der Waals surface area contributed by atoms with Crippen LogP contribution in [0.5, 0.6) is 0 Å². The third-order valence-electron chi connectivity index (χ3n) is 3.26. The minimum atomic E-state index is -3.75. The number of sulfone groups is 1. The summed E-state index contributed by atoms with van der Waals surface area (Å²) in [5.41, 5.74) is 4.18. The average Bonchev–Trinajstić information content (AvgIpc) is 2.58. The number of amides is 2. The Hall–Kier alpha value is -2.79. The summed E-state index contributed by atoms with van der Waals surface area (Å²) >= 11 is 3.23. The molecule has 0 saturated carbocycles. The van der Waals surface area contributed by atoms with E-state index in [1.165, 1.54) is 18.2 Å². The first-order valence-corrected chi connectivity index (χ1v) is 10.1. The molecule has 27 heavy (non-hydrogen) atoms. The van der Waals surface area contributed by atoms with Crippen molar-refractivity contribution in [1.29, 1.82) is 0 Å². The van der Waals surface area contributed by atoms with Gasteiger partial charge in [-0.3, -0.25) is 30.6 Å². The van der Waals surface area contributed by atoms with Crippen LogP contribution in [0.3, 0.4) is 0 Å². The lowest BCUT2D eigenvalue weighted by atomic mass is 10.2. The molecule has 9 nitrogen and oxygen atoms in total. The number of nitro groups is 1. The Kier molecular flexibility index (Phi) is 6.64. The molecule has 0 aliphatic heterocycles. The van der Waals surface area contributed by atoms with Crippen LogP contribution < -0.4 is 10.9 Å². The van der Waals surface area contributed by atoms with Crippen LogP contribution in [0.15, 0.2) is 53.0 Å². The van der Waals surface area contributed by atoms with E-state index in [4.69, 9.17) is 0 Å². The maximum Gasteiger partial charge on any atom is 0.270 e. The van der Waals surface area contributed by atoms with E-state index < -0.39 is 32.3 Å². The van der Waals surface area contributed by atoms with Gasteiger partial charge in [0.15, 0.2) is 9.84 Å². The second kappa shape index (κ2) is 8.73. The van der Waals surface area contributed by atoms with Gasteiger partial charge in [-0.2, -0.15) is 0 Å². The molecule has 2 rings (SSSR count). The smallest absolute Gasteiger partial charge is 0.270 e. The van der Waals surface area contributed by atoms with Gasteiger partial charge in [-0.05, 0) is 23.8 Å². The number of benzene rings is 2. The summed E-state index contributed by atoms with van der Waals surface area (Å²) < 4.78 is 24.9. The van der Waals surface area contributed by atoms with E-state index in [0.717, 1.165) is 6.07 Å². The molecule has 0 bridgehead atoms. The van der Waals surface area contributed by atoms with Crippen LogP contribution in [-0.2, 0) is 20.4 Å². The molecule has 0 saturated heterocycles. The molecule has 0 aliphatic carbocycles. The molecule has 0 fully saturated rings. The molecule has 0 radical (unpaired) electrons. The van der Waals surface area contributed by atoms with E-state index in [9.17, 15) is 28.1 Å². The fourth-order valence-electron chi connectivity index (χ4n) is 2.13. The quantitative estimate of drug-likeness (QED) is 0.502. The van der Waals surface area contributed by atoms with E-state index in [0.29, 0.717) is 10.0 Å². The van der Waals surface area contributed by atoms with E-state index in [-0.39, 0.29) is 17.0 Å². The molecule has 0 aromatic heterocycles. The molecule has 2 N–H and O–H groups in total. The Morgan fingerprint density at radius 2 is 1.78 bits per heavy atom. The second-order valence-corrected chi connectivity index (χ2v) is 8.45. The van der Waals surface area contributed by atoms with Gasteiger partial charge in [-0.1, -0.05) is 34.1 Å². The lowest BCUT2D eigenvalue weighted by Crippen LogP contribution is -2.44. The fourth-order valence-corrected chi connectivity index (χ4v) is 3.83.